The molecular weight excluding hydrogens is 510 g/mol. The van der Waals surface area contributed by atoms with Crippen LogP contribution in [0.1, 0.15) is 43.7 Å². The molecule has 6 rings (SSSR count). The van der Waals surface area contributed by atoms with Gasteiger partial charge in [-0.05, 0) is 60.7 Å². The number of carbonyl (C=O) groups is 1. The fraction of sp³-hybridized carbons (Fsp3) is 0.281. The second-order valence-electron chi connectivity index (χ2n) is 10.4. The van der Waals surface area contributed by atoms with Gasteiger partial charge in [0.15, 0.2) is 5.50 Å². The Balaban J connectivity index is 1.35. The summed E-state index contributed by atoms with van der Waals surface area (Å²) in [4.78, 5) is 16.9. The maximum absolute atomic E-state index is 14.0. The number of halogens is 1. The highest BCUT2D eigenvalue weighted by Crippen LogP contribution is 2.42. The molecular formula is C32H32ClN3OS. The van der Waals surface area contributed by atoms with Crippen molar-refractivity contribution >= 4 is 51.9 Å². The van der Waals surface area contributed by atoms with Gasteiger partial charge in [0.1, 0.15) is 0 Å². The second-order valence-corrected chi connectivity index (χ2v) is 11.9. The zero-order chi connectivity index (χ0) is 26.1. The molecule has 1 aliphatic carbocycles. The van der Waals surface area contributed by atoms with Gasteiger partial charge < -0.3 is 14.8 Å². The molecule has 4 nitrogen and oxygen atoms in total. The lowest BCUT2D eigenvalue weighted by molar-refractivity contribution is -0.129. The summed E-state index contributed by atoms with van der Waals surface area (Å²) in [6.07, 6.45) is 8.94. The van der Waals surface area contributed by atoms with Gasteiger partial charge in [0.25, 0.3) is 5.91 Å². The molecule has 38 heavy (non-hydrogen) atoms. The molecule has 6 heteroatoms. The summed E-state index contributed by atoms with van der Waals surface area (Å²) < 4.78 is 2.26. The third-order valence-corrected chi connectivity index (χ3v) is 9.16. The highest BCUT2D eigenvalue weighted by Gasteiger charge is 2.43. The smallest absolute Gasteiger partial charge is 0.262 e. The van der Waals surface area contributed by atoms with E-state index in [4.69, 9.17) is 11.6 Å². The normalized spacial score (nSPS) is 22.9. The molecule has 1 saturated heterocycles. The minimum absolute atomic E-state index is 0.121. The lowest BCUT2D eigenvalue weighted by atomic mass is 9.85. The van der Waals surface area contributed by atoms with Gasteiger partial charge in [-0.15, -0.1) is 0 Å². The molecule has 3 aromatic carbocycles. The Morgan fingerprint density at radius 1 is 0.974 bits per heavy atom. The van der Waals surface area contributed by atoms with E-state index in [9.17, 15) is 4.79 Å². The Labute approximate surface area is 233 Å². The van der Waals surface area contributed by atoms with E-state index >= 15 is 0 Å². The molecule has 1 aliphatic heterocycles. The van der Waals surface area contributed by atoms with Crippen LogP contribution in [0.3, 0.4) is 0 Å². The number of amides is 1. The van der Waals surface area contributed by atoms with Crippen LogP contribution in [0.2, 0.25) is 5.02 Å². The van der Waals surface area contributed by atoms with Crippen molar-refractivity contribution in [2.24, 2.45) is 5.92 Å². The minimum atomic E-state index is -0.121. The second kappa shape index (κ2) is 10.9. The number of hydrogen-bond acceptors (Lipinski definition) is 3. The Morgan fingerprint density at radius 2 is 1.71 bits per heavy atom. The van der Waals surface area contributed by atoms with Gasteiger partial charge in [0.05, 0.1) is 4.91 Å². The molecule has 0 radical (unpaired) electrons. The van der Waals surface area contributed by atoms with Gasteiger partial charge in [0.2, 0.25) is 0 Å². The Hall–Kier alpha value is -3.15. The zero-order valence-electron chi connectivity index (χ0n) is 21.5. The van der Waals surface area contributed by atoms with E-state index in [1.54, 1.807) is 11.8 Å². The van der Waals surface area contributed by atoms with Crippen molar-refractivity contribution in [2.45, 2.75) is 50.7 Å². The van der Waals surface area contributed by atoms with Crippen LogP contribution in [-0.4, -0.2) is 26.9 Å². The molecule has 1 N–H and O–H groups in total. The number of nitrogens with one attached hydrogen (secondary N) is 1. The number of hydrogen-bond donors (Lipinski definition) is 1. The monoisotopic (exact) mass is 541 g/mol. The van der Waals surface area contributed by atoms with Gasteiger partial charge in [0, 0.05) is 46.0 Å². The van der Waals surface area contributed by atoms with Crippen LogP contribution in [0.5, 0.6) is 0 Å². The van der Waals surface area contributed by atoms with Gasteiger partial charge in [-0.25, -0.2) is 0 Å². The Kier molecular flexibility index (Phi) is 7.22. The summed E-state index contributed by atoms with van der Waals surface area (Å²) in [5.74, 6) is 0.630. The lowest BCUT2D eigenvalue weighted by Crippen LogP contribution is -2.48. The fourth-order valence-electron chi connectivity index (χ4n) is 5.82. The van der Waals surface area contributed by atoms with E-state index in [0.29, 0.717) is 5.92 Å². The van der Waals surface area contributed by atoms with Crippen LogP contribution in [0, 0.1) is 5.92 Å². The molecule has 194 valence electrons. The van der Waals surface area contributed by atoms with Crippen molar-refractivity contribution in [1.82, 2.24) is 9.47 Å². The van der Waals surface area contributed by atoms with Crippen LogP contribution in [0.25, 0.3) is 17.0 Å². The number of rotatable bonds is 6. The van der Waals surface area contributed by atoms with Gasteiger partial charge in [-0.1, -0.05) is 91.7 Å². The van der Waals surface area contributed by atoms with Crippen molar-refractivity contribution in [1.29, 1.82) is 0 Å². The number of anilines is 1. The molecule has 2 heterocycles. The highest BCUT2D eigenvalue weighted by atomic mass is 35.5. The number of benzene rings is 3. The molecule has 4 aromatic rings. The maximum Gasteiger partial charge on any atom is 0.262 e. The molecule has 0 bridgehead atoms. The average Bonchev–Trinajstić information content (AvgIpc) is 3.43. The van der Waals surface area contributed by atoms with Gasteiger partial charge in [-0.3, -0.25) is 4.79 Å². The first-order valence-corrected chi connectivity index (χ1v) is 14.7. The largest absolute Gasteiger partial charge is 0.356 e. The van der Waals surface area contributed by atoms with E-state index in [2.05, 4.69) is 82.5 Å². The summed E-state index contributed by atoms with van der Waals surface area (Å²) in [7, 11) is 0. The number of para-hydroxylation sites is 2. The molecule has 1 aromatic heterocycles. The fourth-order valence-corrected chi connectivity index (χ4v) is 7.14. The average molecular weight is 542 g/mol. The lowest BCUT2D eigenvalue weighted by Gasteiger charge is -2.39. The predicted octanol–water partition coefficient (Wildman–Crippen LogP) is 8.23. The van der Waals surface area contributed by atoms with Crippen LogP contribution in [0.15, 0.2) is 90.0 Å². The van der Waals surface area contributed by atoms with Crippen LogP contribution in [-0.2, 0) is 11.3 Å². The third kappa shape index (κ3) is 5.10. The topological polar surface area (TPSA) is 37.3 Å². The molecule has 2 aliphatic rings. The van der Waals surface area contributed by atoms with E-state index in [0.717, 1.165) is 45.0 Å². The van der Waals surface area contributed by atoms with Crippen molar-refractivity contribution in [3.63, 3.8) is 0 Å². The summed E-state index contributed by atoms with van der Waals surface area (Å²) in [5, 5.41) is 5.54. The Bertz CT molecular complexity index is 1460. The molecule has 2 fully saturated rings. The maximum atomic E-state index is 14.0. The van der Waals surface area contributed by atoms with E-state index in [-0.39, 0.29) is 17.4 Å². The predicted molar refractivity (Wildman–Crippen MR) is 160 cm³/mol. The van der Waals surface area contributed by atoms with Crippen molar-refractivity contribution in [2.75, 3.05) is 5.32 Å². The molecule has 1 unspecified atom stereocenters. The van der Waals surface area contributed by atoms with Crippen molar-refractivity contribution < 1.29 is 4.79 Å². The first kappa shape index (κ1) is 25.1. The van der Waals surface area contributed by atoms with E-state index < -0.39 is 0 Å². The third-order valence-electron chi connectivity index (χ3n) is 7.80. The zero-order valence-corrected chi connectivity index (χ0v) is 23.1. The summed E-state index contributed by atoms with van der Waals surface area (Å²) in [6, 6.07) is 26.9. The van der Waals surface area contributed by atoms with Crippen molar-refractivity contribution in [3.05, 3.63) is 106 Å². The highest BCUT2D eigenvalue weighted by molar-refractivity contribution is 8.05. The van der Waals surface area contributed by atoms with Gasteiger partial charge in [-0.2, -0.15) is 0 Å². The number of aromatic nitrogens is 1. The number of carbonyl (C=O) groups excluding carboxylic acids is 1. The summed E-state index contributed by atoms with van der Waals surface area (Å²) in [6.45, 7) is 3.04. The first-order valence-electron chi connectivity index (χ1n) is 13.4. The van der Waals surface area contributed by atoms with E-state index in [1.165, 1.54) is 24.8 Å². The molecule has 1 saturated carbocycles. The summed E-state index contributed by atoms with van der Waals surface area (Å²) >= 11 is 7.74. The van der Waals surface area contributed by atoms with Crippen LogP contribution in [0.4, 0.5) is 5.69 Å². The standard InChI is InChI=1S/C32H32ClN3OS/c1-22-9-5-7-13-28(22)36-31(37)30(38-32(36)34-26-10-3-2-4-11-26)19-24-21-35(29-14-8-6-12-27(24)29)20-23-15-17-25(33)18-16-23/h2-4,6,8,10-12,14-19,21-22,28,32,34H,5,7,9,13,20H2,1H3/b30-19-/t22-,28+,32?/m1/s1. The number of fused-ring (bicyclic) bond motifs is 1. The molecule has 0 spiro atoms. The number of thioether (sulfide) groups is 1. The quantitative estimate of drug-likeness (QED) is 0.250. The molecule has 1 amide bonds. The van der Waals surface area contributed by atoms with Crippen LogP contribution >= 0.6 is 23.4 Å². The first-order chi connectivity index (χ1) is 18.6. The van der Waals surface area contributed by atoms with Crippen LogP contribution < -0.4 is 5.32 Å². The SMILES string of the molecule is C[C@@H]1CCCC[C@@H]1N1C(=O)/C(=C/c2cn(Cc3ccc(Cl)cc3)c3ccccc23)SC1Nc1ccccc1. The molecule has 3 atom stereocenters. The minimum Gasteiger partial charge on any atom is -0.356 e. The van der Waals surface area contributed by atoms with Gasteiger partial charge >= 0.3 is 0 Å². The summed E-state index contributed by atoms with van der Waals surface area (Å²) in [5.41, 5.74) is 4.32. The van der Waals surface area contributed by atoms with E-state index in [1.807, 2.05) is 30.3 Å². The van der Waals surface area contributed by atoms with Crippen molar-refractivity contribution in [3.8, 4) is 0 Å². The Morgan fingerprint density at radius 3 is 2.50 bits per heavy atom. The number of nitrogens with zero attached hydrogens (tertiary/aromatic N) is 2.